The van der Waals surface area contributed by atoms with Gasteiger partial charge in [0.15, 0.2) is 0 Å². The van der Waals surface area contributed by atoms with Crippen LogP contribution in [-0.2, 0) is 6.61 Å². The molecule has 0 saturated carbocycles. The zero-order valence-corrected chi connectivity index (χ0v) is 15.6. The van der Waals surface area contributed by atoms with Crippen LogP contribution in [0.2, 0.25) is 10.0 Å². The quantitative estimate of drug-likeness (QED) is 0.403. The summed E-state index contributed by atoms with van der Waals surface area (Å²) >= 11 is 12.4. The summed E-state index contributed by atoms with van der Waals surface area (Å²) in [5, 5.41) is 1.62. The van der Waals surface area contributed by atoms with E-state index in [4.69, 9.17) is 32.4 Å². The predicted molar refractivity (Wildman–Crippen MR) is 109 cm³/mol. The van der Waals surface area contributed by atoms with E-state index in [-0.39, 0.29) is 5.43 Å². The normalized spacial score (nSPS) is 10.9. The van der Waals surface area contributed by atoms with Crippen LogP contribution in [0.3, 0.4) is 0 Å². The minimum atomic E-state index is -0.137. The first-order valence-corrected chi connectivity index (χ1v) is 9.06. The number of fused-ring (bicyclic) bond motifs is 1. The van der Waals surface area contributed by atoms with Crippen molar-refractivity contribution >= 4 is 34.2 Å². The van der Waals surface area contributed by atoms with Crippen molar-refractivity contribution in [1.82, 2.24) is 0 Å². The summed E-state index contributed by atoms with van der Waals surface area (Å²) in [7, 11) is 0. The van der Waals surface area contributed by atoms with Gasteiger partial charge in [0.1, 0.15) is 24.2 Å². The summed E-state index contributed by atoms with van der Waals surface area (Å²) in [6, 6.07) is 19.8. The van der Waals surface area contributed by atoms with Crippen molar-refractivity contribution in [3.05, 3.63) is 98.8 Å². The van der Waals surface area contributed by atoms with Gasteiger partial charge in [0.05, 0.1) is 10.9 Å². The molecule has 3 aromatic carbocycles. The highest BCUT2D eigenvalue weighted by atomic mass is 35.5. The van der Waals surface area contributed by atoms with Crippen molar-refractivity contribution in [2.24, 2.45) is 0 Å². The van der Waals surface area contributed by atoms with Gasteiger partial charge in [-0.15, -0.1) is 0 Å². The SMILES string of the molecule is O=c1c(-c2ccccc2Cl)coc2cc(OCc3ccccc3Cl)ccc12. The molecule has 4 aromatic rings. The van der Waals surface area contributed by atoms with Crippen LogP contribution in [0.25, 0.3) is 22.1 Å². The van der Waals surface area contributed by atoms with Crippen LogP contribution in [0.5, 0.6) is 5.75 Å². The number of rotatable bonds is 4. The van der Waals surface area contributed by atoms with E-state index in [9.17, 15) is 4.79 Å². The fourth-order valence-electron chi connectivity index (χ4n) is 2.84. The summed E-state index contributed by atoms with van der Waals surface area (Å²) in [6.07, 6.45) is 1.43. The number of halogens is 2. The third kappa shape index (κ3) is 3.57. The maximum Gasteiger partial charge on any atom is 0.200 e. The standard InChI is InChI=1S/C22H14Cl2O3/c23-19-7-3-1-5-14(19)12-26-15-9-10-17-21(11-15)27-13-18(22(17)25)16-6-2-4-8-20(16)24/h1-11,13H,12H2. The van der Waals surface area contributed by atoms with E-state index in [1.54, 1.807) is 30.3 Å². The average molecular weight is 397 g/mol. The van der Waals surface area contributed by atoms with E-state index in [1.165, 1.54) is 6.26 Å². The van der Waals surface area contributed by atoms with E-state index in [0.717, 1.165) is 5.56 Å². The molecule has 0 aliphatic rings. The molecule has 1 aromatic heterocycles. The molecule has 0 unspecified atom stereocenters. The van der Waals surface area contributed by atoms with Gasteiger partial charge in [0.25, 0.3) is 0 Å². The van der Waals surface area contributed by atoms with Crippen LogP contribution in [0, 0.1) is 0 Å². The second kappa shape index (κ2) is 7.47. The molecule has 0 fully saturated rings. The van der Waals surface area contributed by atoms with Crippen molar-refractivity contribution < 1.29 is 9.15 Å². The Morgan fingerprint density at radius 2 is 1.59 bits per heavy atom. The fourth-order valence-corrected chi connectivity index (χ4v) is 3.27. The molecular weight excluding hydrogens is 383 g/mol. The van der Waals surface area contributed by atoms with E-state index < -0.39 is 0 Å². The second-order valence-electron chi connectivity index (χ2n) is 6.00. The minimum absolute atomic E-state index is 0.137. The largest absolute Gasteiger partial charge is 0.489 e. The molecule has 0 bridgehead atoms. The summed E-state index contributed by atoms with van der Waals surface area (Å²) in [5.74, 6) is 0.594. The molecular formula is C22H14Cl2O3. The fraction of sp³-hybridized carbons (Fsp3) is 0.0455. The minimum Gasteiger partial charge on any atom is -0.489 e. The second-order valence-corrected chi connectivity index (χ2v) is 6.81. The van der Waals surface area contributed by atoms with Gasteiger partial charge in [-0.3, -0.25) is 4.79 Å². The number of ether oxygens (including phenoxy) is 1. The molecule has 4 rings (SSSR count). The Balaban J connectivity index is 1.66. The van der Waals surface area contributed by atoms with Crippen molar-refractivity contribution in [1.29, 1.82) is 0 Å². The zero-order valence-electron chi connectivity index (χ0n) is 14.1. The molecule has 1 heterocycles. The van der Waals surface area contributed by atoms with Crippen LogP contribution in [0.15, 0.2) is 82.2 Å². The molecule has 0 aliphatic heterocycles. The van der Waals surface area contributed by atoms with E-state index in [2.05, 4.69) is 0 Å². The zero-order chi connectivity index (χ0) is 18.8. The number of hydrogen-bond acceptors (Lipinski definition) is 3. The molecule has 0 spiro atoms. The lowest BCUT2D eigenvalue weighted by molar-refractivity contribution is 0.306. The van der Waals surface area contributed by atoms with Crippen LogP contribution in [0.4, 0.5) is 0 Å². The lowest BCUT2D eigenvalue weighted by Gasteiger charge is -2.09. The predicted octanol–water partition coefficient (Wildman–Crippen LogP) is 6.35. The van der Waals surface area contributed by atoms with Crippen molar-refractivity contribution in [2.75, 3.05) is 0 Å². The van der Waals surface area contributed by atoms with Crippen molar-refractivity contribution in [2.45, 2.75) is 6.61 Å². The monoisotopic (exact) mass is 396 g/mol. The first kappa shape index (κ1) is 17.7. The van der Waals surface area contributed by atoms with Gasteiger partial charge in [-0.05, 0) is 24.3 Å². The Kier molecular flexibility index (Phi) is 4.88. The van der Waals surface area contributed by atoms with Gasteiger partial charge in [-0.25, -0.2) is 0 Å². The van der Waals surface area contributed by atoms with Gasteiger partial charge in [-0.2, -0.15) is 0 Å². The Hall–Kier alpha value is -2.75. The Bertz CT molecular complexity index is 1180. The van der Waals surface area contributed by atoms with Gasteiger partial charge >= 0.3 is 0 Å². The molecule has 0 N–H and O–H groups in total. The summed E-state index contributed by atoms with van der Waals surface area (Å²) in [4.78, 5) is 12.8. The molecule has 0 aliphatic carbocycles. The topological polar surface area (TPSA) is 39.4 Å². The van der Waals surface area contributed by atoms with Crippen LogP contribution in [-0.4, -0.2) is 0 Å². The van der Waals surface area contributed by atoms with E-state index in [0.29, 0.717) is 44.5 Å². The molecule has 0 amide bonds. The highest BCUT2D eigenvalue weighted by Crippen LogP contribution is 2.28. The Morgan fingerprint density at radius 1 is 0.852 bits per heavy atom. The molecule has 5 heteroatoms. The van der Waals surface area contributed by atoms with Crippen molar-refractivity contribution in [3.8, 4) is 16.9 Å². The lowest BCUT2D eigenvalue weighted by atomic mass is 10.1. The van der Waals surface area contributed by atoms with Crippen LogP contribution in [0.1, 0.15) is 5.56 Å². The maximum atomic E-state index is 12.8. The molecule has 0 saturated heterocycles. The average Bonchev–Trinajstić information content (AvgIpc) is 2.68. The highest BCUT2D eigenvalue weighted by molar-refractivity contribution is 6.33. The van der Waals surface area contributed by atoms with E-state index in [1.807, 2.05) is 36.4 Å². The number of benzene rings is 3. The highest BCUT2D eigenvalue weighted by Gasteiger charge is 2.12. The first-order valence-electron chi connectivity index (χ1n) is 8.30. The molecule has 3 nitrogen and oxygen atoms in total. The molecule has 0 radical (unpaired) electrons. The van der Waals surface area contributed by atoms with Crippen molar-refractivity contribution in [3.63, 3.8) is 0 Å². The third-order valence-electron chi connectivity index (χ3n) is 4.26. The van der Waals surface area contributed by atoms with Crippen LogP contribution < -0.4 is 10.2 Å². The third-order valence-corrected chi connectivity index (χ3v) is 4.96. The molecule has 27 heavy (non-hydrogen) atoms. The molecule has 134 valence electrons. The number of hydrogen-bond donors (Lipinski definition) is 0. The van der Waals surface area contributed by atoms with Gasteiger partial charge < -0.3 is 9.15 Å². The van der Waals surface area contributed by atoms with Crippen LogP contribution >= 0.6 is 23.2 Å². The Labute approximate surface area is 165 Å². The summed E-state index contributed by atoms with van der Waals surface area (Å²) in [5.41, 5.74) is 2.27. The maximum absolute atomic E-state index is 12.8. The summed E-state index contributed by atoms with van der Waals surface area (Å²) < 4.78 is 11.5. The Morgan fingerprint density at radius 3 is 2.37 bits per heavy atom. The first-order chi connectivity index (χ1) is 13.1. The van der Waals surface area contributed by atoms with Gasteiger partial charge in [-0.1, -0.05) is 59.6 Å². The smallest absolute Gasteiger partial charge is 0.200 e. The van der Waals surface area contributed by atoms with Gasteiger partial charge in [0, 0.05) is 27.2 Å². The summed E-state index contributed by atoms with van der Waals surface area (Å²) in [6.45, 7) is 0.327. The molecule has 0 atom stereocenters. The van der Waals surface area contributed by atoms with Gasteiger partial charge in [0.2, 0.25) is 5.43 Å². The van der Waals surface area contributed by atoms with E-state index >= 15 is 0 Å². The lowest BCUT2D eigenvalue weighted by Crippen LogP contribution is -2.05.